The molecule has 4 heteroatoms. The Morgan fingerprint density at radius 1 is 0.404 bits per heavy atom. The van der Waals surface area contributed by atoms with Crippen LogP contribution in [0.5, 0.6) is 0 Å². The summed E-state index contributed by atoms with van der Waals surface area (Å²) in [6, 6.07) is 59.2. The fourth-order valence-corrected chi connectivity index (χ4v) is 9.86. The van der Waals surface area contributed by atoms with Crippen LogP contribution in [0.25, 0.3) is 114 Å². The van der Waals surface area contributed by atoms with E-state index in [-0.39, 0.29) is 0 Å². The smallest absolute Gasteiger partial charge is 0.0979 e. The summed E-state index contributed by atoms with van der Waals surface area (Å²) in [6.45, 7) is 0. The van der Waals surface area contributed by atoms with Crippen LogP contribution in [-0.4, -0.2) is 14.5 Å². The number of rotatable bonds is 3. The maximum absolute atomic E-state index is 5.32. The molecule has 9 aromatic carbocycles. The summed E-state index contributed by atoms with van der Waals surface area (Å²) in [7, 11) is 0. The first-order valence-electron chi connectivity index (χ1n) is 17.7. The van der Waals surface area contributed by atoms with Gasteiger partial charge in [0, 0.05) is 53.1 Å². The molecule has 0 aliphatic rings. The zero-order valence-corrected chi connectivity index (χ0v) is 28.7. The molecule has 12 rings (SSSR count). The Bertz CT molecular complexity index is 3400. The molecule has 0 saturated heterocycles. The minimum absolute atomic E-state index is 0.888. The van der Waals surface area contributed by atoms with Crippen molar-refractivity contribution < 1.29 is 0 Å². The second-order valence-corrected chi connectivity index (χ2v) is 14.8. The summed E-state index contributed by atoms with van der Waals surface area (Å²) in [5, 5.41) is 12.9. The summed E-state index contributed by atoms with van der Waals surface area (Å²) in [5.74, 6) is 0. The summed E-state index contributed by atoms with van der Waals surface area (Å²) < 4.78 is 4.99. The van der Waals surface area contributed by atoms with Crippen LogP contribution in [0, 0.1) is 0 Å². The third kappa shape index (κ3) is 3.79. The van der Waals surface area contributed by atoms with Crippen molar-refractivity contribution in [3.63, 3.8) is 0 Å². The van der Waals surface area contributed by atoms with Crippen LogP contribution in [-0.2, 0) is 0 Å². The number of aromatic nitrogens is 3. The highest BCUT2D eigenvalue weighted by Gasteiger charge is 2.22. The largest absolute Gasteiger partial charge is 0.309 e. The number of fused-ring (bicyclic) bond motifs is 9. The van der Waals surface area contributed by atoms with E-state index in [0.717, 1.165) is 39.2 Å². The van der Waals surface area contributed by atoms with Crippen LogP contribution in [0.3, 0.4) is 0 Å². The van der Waals surface area contributed by atoms with Gasteiger partial charge in [0.2, 0.25) is 0 Å². The molecule has 0 aliphatic carbocycles. The normalized spacial score (nSPS) is 12.2. The van der Waals surface area contributed by atoms with Gasteiger partial charge in [-0.3, -0.25) is 0 Å². The highest BCUT2D eigenvalue weighted by molar-refractivity contribution is 7.25. The van der Waals surface area contributed by atoms with Crippen molar-refractivity contribution in [1.29, 1.82) is 0 Å². The van der Waals surface area contributed by atoms with Crippen molar-refractivity contribution in [1.82, 2.24) is 14.5 Å². The number of hydrogen-bond donors (Lipinski definition) is 0. The highest BCUT2D eigenvalue weighted by Crippen LogP contribution is 2.47. The van der Waals surface area contributed by atoms with E-state index in [0.29, 0.717) is 0 Å². The molecule has 0 unspecified atom stereocenters. The van der Waals surface area contributed by atoms with Gasteiger partial charge in [-0.05, 0) is 75.5 Å². The number of thiophene rings is 1. The Morgan fingerprint density at radius 3 is 1.88 bits per heavy atom. The van der Waals surface area contributed by atoms with Gasteiger partial charge in [-0.25, -0.2) is 9.97 Å². The van der Waals surface area contributed by atoms with Gasteiger partial charge < -0.3 is 4.57 Å². The van der Waals surface area contributed by atoms with E-state index in [1.54, 1.807) is 0 Å². The topological polar surface area (TPSA) is 30.7 Å². The molecule has 0 fully saturated rings. The van der Waals surface area contributed by atoms with E-state index in [2.05, 4.69) is 156 Å². The van der Waals surface area contributed by atoms with Crippen molar-refractivity contribution in [3.8, 4) is 28.2 Å². The zero-order valence-electron chi connectivity index (χ0n) is 27.8. The molecule has 3 aromatic heterocycles. The van der Waals surface area contributed by atoms with E-state index >= 15 is 0 Å². The Hall–Kier alpha value is -6.62. The van der Waals surface area contributed by atoms with Gasteiger partial charge in [-0.1, -0.05) is 115 Å². The van der Waals surface area contributed by atoms with Crippen LogP contribution >= 0.6 is 11.3 Å². The molecule has 0 atom stereocenters. The second kappa shape index (κ2) is 10.5. The fraction of sp³-hybridized carbons (Fsp3) is 0. The molecule has 240 valence electrons. The first-order chi connectivity index (χ1) is 25.8. The van der Waals surface area contributed by atoms with Crippen LogP contribution < -0.4 is 0 Å². The molecule has 0 radical (unpaired) electrons. The van der Waals surface area contributed by atoms with E-state index < -0.39 is 0 Å². The Labute approximate surface area is 302 Å². The first kappa shape index (κ1) is 28.1. The summed E-state index contributed by atoms with van der Waals surface area (Å²) in [4.78, 5) is 10.6. The predicted molar refractivity (Wildman–Crippen MR) is 221 cm³/mol. The van der Waals surface area contributed by atoms with Gasteiger partial charge in [0.05, 0.1) is 33.5 Å². The van der Waals surface area contributed by atoms with Crippen LogP contribution in [0.1, 0.15) is 0 Å². The molecule has 52 heavy (non-hydrogen) atoms. The Kier molecular flexibility index (Phi) is 5.65. The predicted octanol–water partition coefficient (Wildman–Crippen LogP) is 13.3. The minimum Gasteiger partial charge on any atom is -0.309 e. The molecule has 0 aliphatic heterocycles. The van der Waals surface area contributed by atoms with Gasteiger partial charge >= 0.3 is 0 Å². The standard InChI is InChI=1S/C48H27N3S/c1-2-12-31-29(11-1)27-40-46-44(31)33-14-4-3-13-32(33)34-16-9-20-39(45(34)46)51(40)30-25-23-28(24-26-30)47-48(50-38-19-7-6-18-37(38)49-47)36-17-10-22-42-43(36)35-15-5-8-21-41(35)52-42/h1-27H. The maximum Gasteiger partial charge on any atom is 0.0979 e. The Morgan fingerprint density at radius 2 is 1.04 bits per heavy atom. The number of hydrogen-bond acceptors (Lipinski definition) is 3. The van der Waals surface area contributed by atoms with Crippen molar-refractivity contribution in [2.24, 2.45) is 0 Å². The van der Waals surface area contributed by atoms with Gasteiger partial charge in [0.25, 0.3) is 0 Å². The van der Waals surface area contributed by atoms with E-state index in [9.17, 15) is 0 Å². The molecule has 0 amide bonds. The molecular weight excluding hydrogens is 651 g/mol. The highest BCUT2D eigenvalue weighted by atomic mass is 32.1. The summed E-state index contributed by atoms with van der Waals surface area (Å²) in [6.07, 6.45) is 0. The maximum atomic E-state index is 5.32. The first-order valence-corrected chi connectivity index (χ1v) is 18.5. The monoisotopic (exact) mass is 677 g/mol. The molecule has 3 nitrogen and oxygen atoms in total. The van der Waals surface area contributed by atoms with Crippen molar-refractivity contribution in [2.75, 3.05) is 0 Å². The summed E-state index contributed by atoms with van der Waals surface area (Å²) in [5.41, 5.74) is 9.28. The lowest BCUT2D eigenvalue weighted by Gasteiger charge is -2.14. The minimum atomic E-state index is 0.888. The average Bonchev–Trinajstić information content (AvgIpc) is 3.75. The molecule has 0 N–H and O–H groups in total. The molecule has 12 aromatic rings. The van der Waals surface area contributed by atoms with Gasteiger partial charge in [0.15, 0.2) is 0 Å². The number of nitrogens with zero attached hydrogens (tertiary/aromatic N) is 3. The molecule has 0 saturated carbocycles. The van der Waals surface area contributed by atoms with Crippen LogP contribution in [0.15, 0.2) is 164 Å². The van der Waals surface area contributed by atoms with E-state index in [1.807, 2.05) is 23.5 Å². The average molecular weight is 678 g/mol. The van der Waals surface area contributed by atoms with Gasteiger partial charge in [-0.2, -0.15) is 0 Å². The van der Waals surface area contributed by atoms with Crippen molar-refractivity contribution in [2.45, 2.75) is 0 Å². The lowest BCUT2D eigenvalue weighted by molar-refractivity contribution is 1.18. The van der Waals surface area contributed by atoms with Gasteiger partial charge in [-0.15, -0.1) is 11.3 Å². The molecule has 0 bridgehead atoms. The van der Waals surface area contributed by atoms with Crippen molar-refractivity contribution >= 4 is 96.7 Å². The fourth-order valence-electron chi connectivity index (χ4n) is 8.73. The summed E-state index contributed by atoms with van der Waals surface area (Å²) >= 11 is 1.83. The Balaban J connectivity index is 1.12. The van der Waals surface area contributed by atoms with Crippen molar-refractivity contribution in [3.05, 3.63) is 164 Å². The van der Waals surface area contributed by atoms with Gasteiger partial charge in [0.1, 0.15) is 0 Å². The lowest BCUT2D eigenvalue weighted by atomic mass is 9.91. The van der Waals surface area contributed by atoms with Crippen LogP contribution in [0.2, 0.25) is 0 Å². The number of benzene rings is 9. The molecule has 0 spiro atoms. The zero-order chi connectivity index (χ0) is 33.9. The third-order valence-corrected chi connectivity index (χ3v) is 12.1. The second-order valence-electron chi connectivity index (χ2n) is 13.7. The van der Waals surface area contributed by atoms with E-state index in [4.69, 9.17) is 9.97 Å². The molecular formula is C48H27N3S. The SMILES string of the molecule is c1ccc2c(c1)cc1c3c2c2ccccc2c2cccc(c23)n1-c1ccc(-c2nc3ccccc3nc2-c2cccc3sc4ccccc4c23)cc1. The lowest BCUT2D eigenvalue weighted by Crippen LogP contribution is -1.97. The quantitative estimate of drug-likeness (QED) is 0.174. The number of para-hydroxylation sites is 2. The van der Waals surface area contributed by atoms with E-state index in [1.165, 1.54) is 74.3 Å². The third-order valence-electron chi connectivity index (χ3n) is 10.9. The molecule has 3 heterocycles. The van der Waals surface area contributed by atoms with Crippen LogP contribution in [0.4, 0.5) is 0 Å².